The van der Waals surface area contributed by atoms with Crippen molar-refractivity contribution in [3.8, 4) is 0 Å². The van der Waals surface area contributed by atoms with Gasteiger partial charge < -0.3 is 4.74 Å². The fraction of sp³-hybridized carbons (Fsp3) is 0.531. The third kappa shape index (κ3) is 4.89. The Balaban J connectivity index is 1.13. The predicted molar refractivity (Wildman–Crippen MR) is 148 cm³/mol. The average Bonchev–Trinajstić information content (AvgIpc) is 3.19. The van der Waals surface area contributed by atoms with Gasteiger partial charge in [0.15, 0.2) is 0 Å². The molecule has 196 valence electrons. The van der Waals surface area contributed by atoms with Gasteiger partial charge in [0.2, 0.25) is 0 Å². The first-order valence-electron chi connectivity index (χ1n) is 14.1. The molecule has 2 aromatic carbocycles. The number of fused-ring (bicyclic) bond motifs is 2. The van der Waals surface area contributed by atoms with Crippen molar-refractivity contribution in [1.29, 1.82) is 0 Å². The summed E-state index contributed by atoms with van der Waals surface area (Å²) in [6.45, 7) is 11.5. The summed E-state index contributed by atoms with van der Waals surface area (Å²) >= 11 is 6.20. The number of carbonyl (C=O) groups is 1. The van der Waals surface area contributed by atoms with E-state index < -0.39 is 0 Å². The van der Waals surface area contributed by atoms with Crippen molar-refractivity contribution >= 4 is 17.6 Å². The Morgan fingerprint density at radius 2 is 1.76 bits per heavy atom. The summed E-state index contributed by atoms with van der Waals surface area (Å²) in [6.07, 6.45) is 5.79. The highest BCUT2D eigenvalue weighted by Crippen LogP contribution is 2.57. The molecule has 6 atom stereocenters. The maximum atomic E-state index is 13.1. The van der Waals surface area contributed by atoms with Crippen molar-refractivity contribution in [2.45, 2.75) is 51.2 Å². The van der Waals surface area contributed by atoms with Gasteiger partial charge in [0, 0.05) is 43.7 Å². The van der Waals surface area contributed by atoms with Crippen LogP contribution in [0.15, 0.2) is 66.7 Å². The van der Waals surface area contributed by atoms with Gasteiger partial charge in [-0.25, -0.2) is 0 Å². The maximum absolute atomic E-state index is 13.1. The molecule has 0 aromatic heterocycles. The van der Waals surface area contributed by atoms with Crippen molar-refractivity contribution in [1.82, 2.24) is 9.80 Å². The van der Waals surface area contributed by atoms with Crippen LogP contribution in [0.25, 0.3) is 0 Å². The van der Waals surface area contributed by atoms with Crippen LogP contribution in [0.3, 0.4) is 0 Å². The Bertz CT molecular complexity index is 1130. The molecule has 6 rings (SSSR count). The molecule has 2 saturated carbocycles. The number of hydrogen-bond donors (Lipinski definition) is 0. The summed E-state index contributed by atoms with van der Waals surface area (Å²) in [5.41, 5.74) is 4.24. The summed E-state index contributed by atoms with van der Waals surface area (Å²) in [6, 6.07) is 19.2. The number of benzene rings is 2. The van der Waals surface area contributed by atoms with Crippen LogP contribution < -0.4 is 0 Å². The maximum Gasteiger partial charge on any atom is 0.310 e. The highest BCUT2D eigenvalue weighted by molar-refractivity contribution is 6.30. The average molecular weight is 519 g/mol. The Morgan fingerprint density at radius 1 is 1.05 bits per heavy atom. The zero-order chi connectivity index (χ0) is 25.6. The minimum absolute atomic E-state index is 0.00277. The number of hydrogen-bond acceptors (Lipinski definition) is 4. The second-order valence-corrected chi connectivity index (χ2v) is 12.5. The lowest BCUT2D eigenvalue weighted by Crippen LogP contribution is -2.50. The third-order valence-corrected chi connectivity index (χ3v) is 10.1. The van der Waals surface area contributed by atoms with Gasteiger partial charge >= 0.3 is 5.97 Å². The van der Waals surface area contributed by atoms with Gasteiger partial charge in [-0.3, -0.25) is 14.6 Å². The standard InChI is InChI=1S/C32H39ClN2O2/c1-22-7-6-14-32(2)20-29-26(19-28(22)32)27(31(36)37-29)21-34-15-17-35(18-16-34)30(23-8-4-3-5-9-23)24-10-12-25(33)13-11-24/h3-5,8-13,26-30H,1,6-7,14-21H2,2H3/t26-,27-,28+,29-,30-,32-/m1/s1. The Hall–Kier alpha value is -2.14. The SMILES string of the molecule is C=C1CCC[C@]2(C)C[C@H]3OC(=O)[C@H](CN4CCN([C@H](c5ccccc5)c5ccc(Cl)cc5)CC4)[C@H]3C[C@@H]12. The lowest BCUT2D eigenvalue weighted by atomic mass is 9.55. The summed E-state index contributed by atoms with van der Waals surface area (Å²) in [4.78, 5) is 18.2. The molecule has 0 amide bonds. The van der Waals surface area contributed by atoms with Gasteiger partial charge in [-0.1, -0.05) is 73.1 Å². The molecule has 4 aliphatic rings. The first-order chi connectivity index (χ1) is 17.9. The number of carbonyl (C=O) groups excluding carboxylic acids is 1. The summed E-state index contributed by atoms with van der Waals surface area (Å²) in [5.74, 6) is 0.914. The molecular weight excluding hydrogens is 480 g/mol. The normalized spacial score (nSPS) is 33.5. The van der Waals surface area contributed by atoms with E-state index >= 15 is 0 Å². The lowest BCUT2D eigenvalue weighted by Gasteiger charge is -2.50. The molecule has 0 radical (unpaired) electrons. The molecule has 4 fully saturated rings. The van der Waals surface area contributed by atoms with E-state index in [0.29, 0.717) is 11.8 Å². The zero-order valence-corrected chi connectivity index (χ0v) is 22.7. The number of rotatable bonds is 5. The van der Waals surface area contributed by atoms with E-state index in [9.17, 15) is 4.79 Å². The van der Waals surface area contributed by atoms with E-state index in [4.69, 9.17) is 16.3 Å². The largest absolute Gasteiger partial charge is 0.462 e. The van der Waals surface area contributed by atoms with Crippen LogP contribution in [0.2, 0.25) is 5.02 Å². The van der Waals surface area contributed by atoms with Crippen molar-refractivity contribution in [3.05, 3.63) is 82.9 Å². The first-order valence-corrected chi connectivity index (χ1v) is 14.4. The van der Waals surface area contributed by atoms with Gasteiger partial charge in [-0.2, -0.15) is 0 Å². The Labute approximate surface area is 226 Å². The molecule has 37 heavy (non-hydrogen) atoms. The molecule has 2 heterocycles. The van der Waals surface area contributed by atoms with Crippen molar-refractivity contribution < 1.29 is 9.53 Å². The molecule has 0 spiro atoms. The molecule has 2 saturated heterocycles. The smallest absolute Gasteiger partial charge is 0.310 e. The van der Waals surface area contributed by atoms with E-state index in [2.05, 4.69) is 65.8 Å². The molecular formula is C32H39ClN2O2. The highest BCUT2D eigenvalue weighted by atomic mass is 35.5. The van der Waals surface area contributed by atoms with Crippen LogP contribution >= 0.6 is 11.6 Å². The van der Waals surface area contributed by atoms with Gasteiger partial charge in [0.25, 0.3) is 0 Å². The van der Waals surface area contributed by atoms with Crippen LogP contribution in [-0.4, -0.2) is 54.6 Å². The van der Waals surface area contributed by atoms with Gasteiger partial charge in [-0.15, -0.1) is 0 Å². The topological polar surface area (TPSA) is 32.8 Å². The number of allylic oxidation sites excluding steroid dienone is 1. The molecule has 0 bridgehead atoms. The van der Waals surface area contributed by atoms with Gasteiger partial charge in [0.05, 0.1) is 12.0 Å². The lowest BCUT2D eigenvalue weighted by molar-refractivity contribution is -0.146. The summed E-state index contributed by atoms with van der Waals surface area (Å²) < 4.78 is 6.04. The molecule has 2 aromatic rings. The van der Waals surface area contributed by atoms with Crippen LogP contribution in [0.1, 0.15) is 56.2 Å². The fourth-order valence-electron chi connectivity index (χ4n) is 7.84. The van der Waals surface area contributed by atoms with Crippen molar-refractivity contribution in [2.75, 3.05) is 32.7 Å². The zero-order valence-electron chi connectivity index (χ0n) is 21.9. The second-order valence-electron chi connectivity index (χ2n) is 12.1. The monoisotopic (exact) mass is 518 g/mol. The first kappa shape index (κ1) is 25.2. The van der Waals surface area contributed by atoms with Crippen LogP contribution in [0.5, 0.6) is 0 Å². The van der Waals surface area contributed by atoms with E-state index in [0.717, 1.165) is 57.0 Å². The number of nitrogens with zero attached hydrogens (tertiary/aromatic N) is 2. The number of ether oxygens (including phenoxy) is 1. The molecule has 5 heteroatoms. The number of esters is 1. The van der Waals surface area contributed by atoms with E-state index in [-0.39, 0.29) is 29.4 Å². The van der Waals surface area contributed by atoms with Gasteiger partial charge in [0.1, 0.15) is 6.10 Å². The fourth-order valence-corrected chi connectivity index (χ4v) is 7.97. The highest BCUT2D eigenvalue weighted by Gasteiger charge is 2.55. The number of halogens is 1. The van der Waals surface area contributed by atoms with Crippen LogP contribution in [0, 0.1) is 23.2 Å². The second kappa shape index (κ2) is 10.2. The third-order valence-electron chi connectivity index (χ3n) is 9.85. The number of piperazine rings is 1. The van der Waals surface area contributed by atoms with Crippen LogP contribution in [0.4, 0.5) is 0 Å². The minimum Gasteiger partial charge on any atom is -0.462 e. The van der Waals surface area contributed by atoms with Crippen molar-refractivity contribution in [3.63, 3.8) is 0 Å². The molecule has 0 unspecified atom stereocenters. The van der Waals surface area contributed by atoms with E-state index in [1.54, 1.807) is 0 Å². The van der Waals surface area contributed by atoms with E-state index in [1.807, 2.05) is 12.1 Å². The van der Waals surface area contributed by atoms with Gasteiger partial charge in [-0.05, 0) is 66.7 Å². The Kier molecular flexibility index (Phi) is 6.94. The quantitative estimate of drug-likeness (QED) is 0.340. The molecule has 2 aliphatic heterocycles. The summed E-state index contributed by atoms with van der Waals surface area (Å²) in [7, 11) is 0. The van der Waals surface area contributed by atoms with E-state index in [1.165, 1.54) is 29.5 Å². The van der Waals surface area contributed by atoms with Crippen LogP contribution in [-0.2, 0) is 9.53 Å². The molecule has 2 aliphatic carbocycles. The minimum atomic E-state index is -0.00277. The molecule has 0 N–H and O–H groups in total. The predicted octanol–water partition coefficient (Wildman–Crippen LogP) is 6.36. The Morgan fingerprint density at radius 3 is 2.49 bits per heavy atom. The van der Waals surface area contributed by atoms with Crippen molar-refractivity contribution in [2.24, 2.45) is 23.2 Å². The molecule has 4 nitrogen and oxygen atoms in total. The summed E-state index contributed by atoms with van der Waals surface area (Å²) in [5, 5.41) is 0.766.